The number of hydrogen-bond acceptors (Lipinski definition) is 4. The number of halogens is 1. The number of aromatic nitrogens is 2. The number of nitrogens with one attached hydrogen (secondary N) is 1. The zero-order valence-corrected chi connectivity index (χ0v) is 13.4. The number of carbonyl (C=O) groups excluding carboxylic acids is 1. The fourth-order valence-electron chi connectivity index (χ4n) is 2.25. The van der Waals surface area contributed by atoms with E-state index in [9.17, 15) is 9.18 Å². The number of nitrogens with zero attached hydrogens (tertiary/aromatic N) is 3. The predicted molar refractivity (Wildman–Crippen MR) is 88.0 cm³/mol. The second-order valence-electron chi connectivity index (χ2n) is 5.03. The summed E-state index contributed by atoms with van der Waals surface area (Å²) in [4.78, 5) is 22.5. The van der Waals surface area contributed by atoms with Crippen molar-refractivity contribution >= 4 is 11.7 Å². The Bertz CT molecular complexity index is 641. The number of amides is 1. The van der Waals surface area contributed by atoms with Gasteiger partial charge >= 0.3 is 0 Å². The summed E-state index contributed by atoms with van der Waals surface area (Å²) in [5.74, 6) is 0.183. The second-order valence-corrected chi connectivity index (χ2v) is 5.03. The number of anilines is 1. The Balaban J connectivity index is 1.89. The molecule has 0 radical (unpaired) electrons. The van der Waals surface area contributed by atoms with Crippen LogP contribution in [0.4, 0.5) is 10.2 Å². The maximum absolute atomic E-state index is 13.5. The highest BCUT2D eigenvalue weighted by atomic mass is 19.1. The molecule has 1 aromatic carbocycles. The molecule has 2 aromatic rings. The molecule has 23 heavy (non-hydrogen) atoms. The van der Waals surface area contributed by atoms with Gasteiger partial charge in [0.1, 0.15) is 17.3 Å². The first kappa shape index (κ1) is 16.9. The highest BCUT2D eigenvalue weighted by Crippen LogP contribution is 2.08. The lowest BCUT2D eigenvalue weighted by atomic mass is 10.1. The van der Waals surface area contributed by atoms with Gasteiger partial charge in [0.2, 0.25) is 0 Å². The van der Waals surface area contributed by atoms with E-state index in [2.05, 4.69) is 15.3 Å². The lowest BCUT2D eigenvalue weighted by molar-refractivity contribution is 0.0948. The predicted octanol–water partition coefficient (Wildman–Crippen LogP) is 2.43. The van der Waals surface area contributed by atoms with Gasteiger partial charge in [0.25, 0.3) is 5.91 Å². The van der Waals surface area contributed by atoms with E-state index in [0.717, 1.165) is 18.9 Å². The van der Waals surface area contributed by atoms with Crippen LogP contribution in [0.5, 0.6) is 0 Å². The van der Waals surface area contributed by atoms with E-state index in [1.54, 1.807) is 24.4 Å². The van der Waals surface area contributed by atoms with Gasteiger partial charge in [-0.25, -0.2) is 14.4 Å². The molecule has 0 atom stereocenters. The van der Waals surface area contributed by atoms with Crippen molar-refractivity contribution in [2.24, 2.45) is 0 Å². The minimum Gasteiger partial charge on any atom is -0.356 e. The van der Waals surface area contributed by atoms with Crippen LogP contribution in [0, 0.1) is 5.82 Å². The molecule has 0 fully saturated rings. The van der Waals surface area contributed by atoms with Crippen molar-refractivity contribution in [3.8, 4) is 0 Å². The molecule has 0 spiro atoms. The Morgan fingerprint density at radius 3 is 2.52 bits per heavy atom. The minimum atomic E-state index is -0.306. The molecule has 5 nitrogen and oxygen atoms in total. The van der Waals surface area contributed by atoms with E-state index in [1.807, 2.05) is 18.7 Å². The number of carbonyl (C=O) groups is 1. The fraction of sp³-hybridized carbons (Fsp3) is 0.353. The Kier molecular flexibility index (Phi) is 6.02. The van der Waals surface area contributed by atoms with E-state index >= 15 is 0 Å². The van der Waals surface area contributed by atoms with Crippen LogP contribution in [0.15, 0.2) is 36.7 Å². The number of hydrogen-bond donors (Lipinski definition) is 1. The smallest absolute Gasteiger partial charge is 0.271 e. The molecule has 122 valence electrons. The van der Waals surface area contributed by atoms with Gasteiger partial charge in [-0.1, -0.05) is 18.2 Å². The fourth-order valence-corrected chi connectivity index (χ4v) is 2.25. The molecule has 1 amide bonds. The van der Waals surface area contributed by atoms with E-state index in [-0.39, 0.29) is 17.4 Å². The summed E-state index contributed by atoms with van der Waals surface area (Å²) in [7, 11) is 0. The minimum absolute atomic E-state index is 0.259. The molecular weight excluding hydrogens is 295 g/mol. The van der Waals surface area contributed by atoms with Crippen LogP contribution in [0.25, 0.3) is 0 Å². The van der Waals surface area contributed by atoms with Gasteiger partial charge < -0.3 is 10.2 Å². The molecule has 0 aliphatic rings. The zero-order valence-electron chi connectivity index (χ0n) is 13.4. The molecule has 1 heterocycles. The van der Waals surface area contributed by atoms with Crippen LogP contribution in [0.1, 0.15) is 29.9 Å². The highest BCUT2D eigenvalue weighted by Gasteiger charge is 2.10. The second kappa shape index (κ2) is 8.22. The molecule has 0 saturated heterocycles. The van der Waals surface area contributed by atoms with E-state index in [4.69, 9.17) is 0 Å². The Morgan fingerprint density at radius 1 is 1.17 bits per heavy atom. The molecule has 0 aliphatic carbocycles. The molecule has 2 rings (SSSR count). The lowest BCUT2D eigenvalue weighted by Gasteiger charge is -2.18. The molecule has 0 saturated carbocycles. The van der Waals surface area contributed by atoms with E-state index < -0.39 is 0 Å². The normalized spacial score (nSPS) is 10.4. The first-order chi connectivity index (χ1) is 11.2. The Morgan fingerprint density at radius 2 is 1.91 bits per heavy atom. The van der Waals surface area contributed by atoms with Gasteiger partial charge in [-0.3, -0.25) is 4.79 Å². The zero-order chi connectivity index (χ0) is 16.7. The topological polar surface area (TPSA) is 58.1 Å². The molecule has 6 heteroatoms. The molecule has 0 bridgehead atoms. The summed E-state index contributed by atoms with van der Waals surface area (Å²) in [5, 5.41) is 2.73. The van der Waals surface area contributed by atoms with Gasteiger partial charge in [0.15, 0.2) is 0 Å². The molecular formula is C17H21FN4O. The van der Waals surface area contributed by atoms with Gasteiger partial charge in [0.05, 0.1) is 12.4 Å². The standard InChI is InChI=1S/C17H21FN4O/c1-3-22(4-2)16-12-20-15(11-21-16)17(23)19-10-9-13-7-5-6-8-14(13)18/h5-8,11-12H,3-4,9-10H2,1-2H3,(H,19,23). The molecule has 1 N–H and O–H groups in total. The van der Waals surface area contributed by atoms with Crippen molar-refractivity contribution in [3.63, 3.8) is 0 Å². The summed E-state index contributed by atoms with van der Waals surface area (Å²) in [6.45, 7) is 6.08. The largest absolute Gasteiger partial charge is 0.356 e. The van der Waals surface area contributed by atoms with Gasteiger partial charge in [-0.15, -0.1) is 0 Å². The van der Waals surface area contributed by atoms with Gasteiger partial charge in [-0.2, -0.15) is 0 Å². The van der Waals surface area contributed by atoms with Crippen LogP contribution in [-0.4, -0.2) is 35.5 Å². The van der Waals surface area contributed by atoms with Crippen molar-refractivity contribution in [1.29, 1.82) is 0 Å². The Hall–Kier alpha value is -2.50. The first-order valence-corrected chi connectivity index (χ1v) is 7.74. The van der Waals surface area contributed by atoms with Crippen LogP contribution in [0.2, 0.25) is 0 Å². The highest BCUT2D eigenvalue weighted by molar-refractivity contribution is 5.92. The maximum Gasteiger partial charge on any atom is 0.271 e. The third-order valence-electron chi connectivity index (χ3n) is 3.60. The van der Waals surface area contributed by atoms with E-state index in [0.29, 0.717) is 18.5 Å². The third kappa shape index (κ3) is 4.48. The maximum atomic E-state index is 13.5. The third-order valence-corrected chi connectivity index (χ3v) is 3.60. The van der Waals surface area contributed by atoms with Gasteiger partial charge in [-0.05, 0) is 31.9 Å². The van der Waals surface area contributed by atoms with Crippen molar-refractivity contribution in [1.82, 2.24) is 15.3 Å². The van der Waals surface area contributed by atoms with Crippen molar-refractivity contribution in [2.45, 2.75) is 20.3 Å². The van der Waals surface area contributed by atoms with Crippen molar-refractivity contribution in [2.75, 3.05) is 24.5 Å². The summed E-state index contributed by atoms with van der Waals surface area (Å²) in [6, 6.07) is 6.54. The number of benzene rings is 1. The van der Waals surface area contributed by atoms with Crippen LogP contribution >= 0.6 is 0 Å². The van der Waals surface area contributed by atoms with Crippen molar-refractivity contribution in [3.05, 3.63) is 53.7 Å². The van der Waals surface area contributed by atoms with Crippen LogP contribution in [-0.2, 0) is 6.42 Å². The average Bonchev–Trinajstić information content (AvgIpc) is 2.58. The Labute approximate surface area is 135 Å². The molecule has 0 unspecified atom stereocenters. The number of rotatable bonds is 7. The van der Waals surface area contributed by atoms with Crippen molar-refractivity contribution < 1.29 is 9.18 Å². The quantitative estimate of drug-likeness (QED) is 0.852. The van der Waals surface area contributed by atoms with Crippen LogP contribution < -0.4 is 10.2 Å². The average molecular weight is 316 g/mol. The molecule has 1 aromatic heterocycles. The SMILES string of the molecule is CCN(CC)c1cnc(C(=O)NCCc2ccccc2F)cn1. The van der Waals surface area contributed by atoms with Crippen LogP contribution in [0.3, 0.4) is 0 Å². The molecule has 0 aliphatic heterocycles. The summed E-state index contributed by atoms with van der Waals surface area (Å²) in [5.41, 5.74) is 0.838. The summed E-state index contributed by atoms with van der Waals surface area (Å²) < 4.78 is 13.5. The monoisotopic (exact) mass is 316 g/mol. The summed E-state index contributed by atoms with van der Waals surface area (Å²) >= 11 is 0. The first-order valence-electron chi connectivity index (χ1n) is 7.74. The van der Waals surface area contributed by atoms with E-state index in [1.165, 1.54) is 12.3 Å². The van der Waals surface area contributed by atoms with Gasteiger partial charge in [0, 0.05) is 19.6 Å². The lowest BCUT2D eigenvalue weighted by Crippen LogP contribution is -2.28. The summed E-state index contributed by atoms with van der Waals surface area (Å²) in [6.07, 6.45) is 3.49.